The number of fused-ring (bicyclic) bond motifs is 5. The molecule has 1 fully saturated rings. The summed E-state index contributed by atoms with van der Waals surface area (Å²) < 4.78 is 27.9. The van der Waals surface area contributed by atoms with Gasteiger partial charge in [0.2, 0.25) is 65.0 Å². The molecule has 2 bridgehead atoms. The molecular formula is C74H99FN12O13. The summed E-state index contributed by atoms with van der Waals surface area (Å²) in [5.74, 6) is -5.46. The van der Waals surface area contributed by atoms with Crippen LogP contribution in [0.2, 0.25) is 0 Å². The van der Waals surface area contributed by atoms with E-state index in [0.29, 0.717) is 91.5 Å². The molecular weight excluding hydrogens is 1280 g/mol. The molecule has 25 nitrogen and oxygen atoms in total. The van der Waals surface area contributed by atoms with E-state index in [1.54, 1.807) is 80.5 Å². The Balaban J connectivity index is 1.02. The van der Waals surface area contributed by atoms with Gasteiger partial charge in [-0.1, -0.05) is 87.4 Å². The molecule has 0 aliphatic carbocycles. The number of likely N-dealkylation sites (N-methyl/N-ethyl adjacent to an activating group) is 1. The van der Waals surface area contributed by atoms with Gasteiger partial charge < -0.3 is 71.7 Å². The molecule has 26 heteroatoms. The number of hydrogen-bond donors (Lipinski definition) is 9. The first-order chi connectivity index (χ1) is 47.9. The minimum Gasteiger partial charge on any atom is -0.497 e. The summed E-state index contributed by atoms with van der Waals surface area (Å²) in [7, 11) is 2.97. The van der Waals surface area contributed by atoms with Crippen LogP contribution < -0.4 is 52.6 Å². The number of ether oxygens (including phenoxy) is 2. The number of halogens is 1. The van der Waals surface area contributed by atoms with Gasteiger partial charge in [-0.15, -0.1) is 0 Å². The predicted molar refractivity (Wildman–Crippen MR) is 374 cm³/mol. The Morgan fingerprint density at radius 3 is 2.15 bits per heavy atom. The molecule has 11 amide bonds. The fraction of sp³-hybridized carbons (Fsp3) is 0.500. The molecule has 3 heterocycles. The zero-order chi connectivity index (χ0) is 72.5. The van der Waals surface area contributed by atoms with Gasteiger partial charge in [0.15, 0.2) is 0 Å². The fourth-order valence-corrected chi connectivity index (χ4v) is 12.4. The number of amides is 11. The SMILES string of the molecule is CC[C@@H](C)OCC(=O)NCc1cccc(C[C@@H]2NC(=O)CNC(=O)[C@H](C)NC(=O)CCC(=O)N(Cc3ccc(CCNC(=O)[C@]4(C)CCCN4C(=O)[C@H](Cc4ccc(OC)cc4)NC(=O)[C@H](CC)NC(C)=O)cc3)CCCCCCn3cc(c4cc(F)ccc43)C[C@@H](C(=O)NC)NC2=O)c1. The minimum atomic E-state index is -1.30. The van der Waals surface area contributed by atoms with Crippen molar-refractivity contribution < 1.29 is 66.6 Å². The molecule has 100 heavy (non-hydrogen) atoms. The van der Waals surface area contributed by atoms with E-state index >= 15 is 4.39 Å². The number of methoxy groups -OCH3 is 1. The monoisotopic (exact) mass is 1380 g/mol. The number of aromatic nitrogens is 1. The van der Waals surface area contributed by atoms with Gasteiger partial charge in [-0.3, -0.25) is 52.7 Å². The van der Waals surface area contributed by atoms with Gasteiger partial charge in [0, 0.05) is 102 Å². The lowest BCUT2D eigenvalue weighted by Gasteiger charge is -2.36. The van der Waals surface area contributed by atoms with Crippen molar-refractivity contribution in [1.82, 2.24) is 62.2 Å². The van der Waals surface area contributed by atoms with Crippen LogP contribution in [0.5, 0.6) is 5.75 Å². The topological polar surface area (TPSA) is 326 Å². The van der Waals surface area contributed by atoms with E-state index in [2.05, 4.69) is 47.9 Å². The molecule has 0 unspecified atom stereocenters. The van der Waals surface area contributed by atoms with Crippen LogP contribution in [0.3, 0.4) is 0 Å². The smallest absolute Gasteiger partial charge is 0.246 e. The maximum atomic E-state index is 15.1. The third-order valence-electron chi connectivity index (χ3n) is 18.4. The minimum absolute atomic E-state index is 0.0493. The Bertz CT molecular complexity index is 3680. The van der Waals surface area contributed by atoms with Crippen molar-refractivity contribution in [2.45, 2.75) is 193 Å². The molecule has 1 saturated heterocycles. The van der Waals surface area contributed by atoms with E-state index in [4.69, 9.17) is 9.47 Å². The van der Waals surface area contributed by atoms with E-state index in [9.17, 15) is 52.7 Å². The van der Waals surface area contributed by atoms with Crippen LogP contribution in [0.4, 0.5) is 4.39 Å². The average molecular weight is 1380 g/mol. The summed E-state index contributed by atoms with van der Waals surface area (Å²) in [5, 5.41) is 25.2. The first-order valence-electron chi connectivity index (χ1n) is 34.7. The molecule has 540 valence electrons. The first kappa shape index (κ1) is 77.6. The largest absolute Gasteiger partial charge is 0.497 e. The highest BCUT2D eigenvalue weighted by Gasteiger charge is 2.47. The summed E-state index contributed by atoms with van der Waals surface area (Å²) in [6.07, 6.45) is 6.57. The number of benzene rings is 4. The predicted octanol–water partition coefficient (Wildman–Crippen LogP) is 4.41. The standard InChI is InChI=1S/C74H99FN12O13/c1-9-47(3)100-46-66(91)78-42-54-18-15-17-53(37-54)39-60-71(96)83-61(69(94)76-7)40-55-45-85(63-28-25-56(75)41-58(55)63)34-13-11-12-14-35-86(67(92)30-29-64(89)80-48(4)68(93)79-43-65(90)82-60)44-52-21-19-50(20-22-52)31-33-77-73(98)74(6)32-16-36-87(74)72(97)62(38-51-23-26-57(99-8)27-24-51)84-70(95)59(10-2)81-49(5)88/h15,17-28,37,41,45,47-48,59-62H,9-14,16,29-36,38-40,42-44,46H2,1-8H3,(H,76,94)(H,77,98)(H,78,91)(H,79,93)(H,80,89)(H,81,88)(H,82,90)(H,83,96)(H,84,95)/t47-,48+,59+,60+,61+,62+,74+/m1/s1. The number of carbonyl (C=O) groups is 11. The molecule has 7 rings (SSSR count). The van der Waals surface area contributed by atoms with E-state index < -0.39 is 89.5 Å². The van der Waals surface area contributed by atoms with Crippen molar-refractivity contribution in [2.24, 2.45) is 0 Å². The van der Waals surface area contributed by atoms with E-state index in [0.717, 1.165) is 36.0 Å². The highest BCUT2D eigenvalue weighted by molar-refractivity contribution is 5.97. The number of hydrogen-bond acceptors (Lipinski definition) is 13. The van der Waals surface area contributed by atoms with Crippen LogP contribution in [0.1, 0.15) is 139 Å². The molecule has 0 spiro atoms. The van der Waals surface area contributed by atoms with Crippen molar-refractivity contribution in [3.8, 4) is 5.75 Å². The number of aryl methyl sites for hydroxylation is 1. The zero-order valence-electron chi connectivity index (χ0n) is 58.8. The molecule has 7 atom stereocenters. The number of nitrogens with one attached hydrogen (secondary N) is 9. The van der Waals surface area contributed by atoms with Crippen LogP contribution in [-0.4, -0.2) is 168 Å². The van der Waals surface area contributed by atoms with Gasteiger partial charge >= 0.3 is 0 Å². The number of carbonyl (C=O) groups excluding carboxylic acids is 11. The first-order valence-corrected chi connectivity index (χ1v) is 34.7. The van der Waals surface area contributed by atoms with Gasteiger partial charge in [-0.25, -0.2) is 4.39 Å². The Kier molecular flexibility index (Phi) is 29.5. The van der Waals surface area contributed by atoms with Crippen LogP contribution >= 0.6 is 0 Å². The van der Waals surface area contributed by atoms with E-state index in [1.165, 1.54) is 37.9 Å². The van der Waals surface area contributed by atoms with Crippen LogP contribution in [-0.2, 0) is 103 Å². The quantitative estimate of drug-likeness (QED) is 0.0438. The van der Waals surface area contributed by atoms with Crippen LogP contribution in [0.15, 0.2) is 97.2 Å². The van der Waals surface area contributed by atoms with Crippen molar-refractivity contribution in [1.29, 1.82) is 0 Å². The average Bonchev–Trinajstić information content (AvgIpc) is 1.61. The molecule has 4 aromatic carbocycles. The second-order valence-corrected chi connectivity index (χ2v) is 26.0. The summed E-state index contributed by atoms with van der Waals surface area (Å²) in [4.78, 5) is 153. The lowest BCUT2D eigenvalue weighted by Crippen LogP contribution is -2.61. The van der Waals surface area contributed by atoms with Crippen LogP contribution in [0, 0.1) is 5.82 Å². The van der Waals surface area contributed by atoms with E-state index in [-0.39, 0.29) is 88.1 Å². The molecule has 2 aliphatic heterocycles. The Morgan fingerprint density at radius 1 is 0.740 bits per heavy atom. The van der Waals surface area contributed by atoms with E-state index in [1.807, 2.05) is 48.9 Å². The van der Waals surface area contributed by atoms with Crippen molar-refractivity contribution >= 4 is 75.9 Å². The highest BCUT2D eigenvalue weighted by Crippen LogP contribution is 2.31. The molecule has 9 N–H and O–H groups in total. The Hall–Kier alpha value is -9.72. The highest BCUT2D eigenvalue weighted by atomic mass is 19.1. The number of likely N-dealkylation sites (tertiary alicyclic amines) is 1. The molecule has 5 aromatic rings. The summed E-state index contributed by atoms with van der Waals surface area (Å²) in [6.45, 7) is 11.1. The number of nitrogens with zero attached hydrogens (tertiary/aromatic N) is 3. The second kappa shape index (κ2) is 38.0. The number of rotatable bonds is 23. The lowest BCUT2D eigenvalue weighted by atomic mass is 9.95. The normalized spacial score (nSPS) is 19.6. The van der Waals surface area contributed by atoms with Gasteiger partial charge in [0.25, 0.3) is 0 Å². The lowest BCUT2D eigenvalue weighted by molar-refractivity contribution is -0.146. The fourth-order valence-electron chi connectivity index (χ4n) is 12.4. The Morgan fingerprint density at radius 2 is 1.45 bits per heavy atom. The molecule has 0 saturated carbocycles. The van der Waals surface area contributed by atoms with Gasteiger partial charge in [0.05, 0.1) is 19.8 Å². The van der Waals surface area contributed by atoms with Crippen molar-refractivity contribution in [3.05, 3.63) is 136 Å². The third kappa shape index (κ3) is 22.9. The summed E-state index contributed by atoms with van der Waals surface area (Å²) in [6, 6.07) is 20.7. The van der Waals surface area contributed by atoms with Crippen LogP contribution in [0.25, 0.3) is 10.9 Å². The zero-order valence-corrected chi connectivity index (χ0v) is 58.8. The second-order valence-electron chi connectivity index (χ2n) is 26.0. The Labute approximate surface area is 584 Å². The van der Waals surface area contributed by atoms with Crippen molar-refractivity contribution in [3.63, 3.8) is 0 Å². The molecule has 1 aromatic heterocycles. The van der Waals surface area contributed by atoms with Crippen molar-refractivity contribution in [2.75, 3.05) is 46.9 Å². The summed E-state index contributed by atoms with van der Waals surface area (Å²) in [5.41, 5.74) is 3.84. The molecule has 0 radical (unpaired) electrons. The molecule has 2 aliphatic rings. The maximum absolute atomic E-state index is 15.1. The van der Waals surface area contributed by atoms with Gasteiger partial charge in [-0.05, 0) is 129 Å². The van der Waals surface area contributed by atoms with Gasteiger partial charge in [0.1, 0.15) is 53.9 Å². The third-order valence-corrected chi connectivity index (χ3v) is 18.4. The van der Waals surface area contributed by atoms with Gasteiger partial charge in [-0.2, -0.15) is 0 Å². The maximum Gasteiger partial charge on any atom is 0.246 e. The summed E-state index contributed by atoms with van der Waals surface area (Å²) >= 11 is 0.